The topological polar surface area (TPSA) is 84.8 Å². The van der Waals surface area contributed by atoms with Crippen LogP contribution in [0.3, 0.4) is 0 Å². The van der Waals surface area contributed by atoms with Crippen LogP contribution in [0.1, 0.15) is 60.7 Å². The fourth-order valence-corrected chi connectivity index (χ4v) is 4.92. The molecule has 7 nitrogen and oxygen atoms in total. The molecular formula is C33H37N5O2. The summed E-state index contributed by atoms with van der Waals surface area (Å²) in [7, 11) is 0. The Bertz CT molecular complexity index is 1560. The summed E-state index contributed by atoms with van der Waals surface area (Å²) >= 11 is 0. The Balaban J connectivity index is 1.52. The first-order chi connectivity index (χ1) is 19.2. The zero-order chi connectivity index (χ0) is 28.1. The summed E-state index contributed by atoms with van der Waals surface area (Å²) < 4.78 is 7.82. The third-order valence-electron chi connectivity index (χ3n) is 6.90. The van der Waals surface area contributed by atoms with Crippen molar-refractivity contribution in [3.8, 4) is 0 Å². The van der Waals surface area contributed by atoms with Crippen LogP contribution in [-0.2, 0) is 30.5 Å². The van der Waals surface area contributed by atoms with Gasteiger partial charge in [0, 0.05) is 29.9 Å². The van der Waals surface area contributed by atoms with E-state index in [4.69, 9.17) is 4.74 Å². The first-order valence-electron chi connectivity index (χ1n) is 13.8. The van der Waals surface area contributed by atoms with E-state index in [0.29, 0.717) is 18.8 Å². The highest BCUT2D eigenvalue weighted by atomic mass is 16.6. The van der Waals surface area contributed by atoms with Crippen LogP contribution in [0.15, 0.2) is 85.1 Å². The van der Waals surface area contributed by atoms with Gasteiger partial charge in [0.05, 0.1) is 12.6 Å². The Kier molecular flexibility index (Phi) is 8.01. The molecule has 1 amide bonds. The van der Waals surface area contributed by atoms with E-state index >= 15 is 0 Å². The zero-order valence-electron chi connectivity index (χ0n) is 23.6. The van der Waals surface area contributed by atoms with Gasteiger partial charge in [0.25, 0.3) is 0 Å². The Morgan fingerprint density at radius 1 is 0.925 bits per heavy atom. The van der Waals surface area contributed by atoms with Crippen molar-refractivity contribution in [3.63, 3.8) is 0 Å². The van der Waals surface area contributed by atoms with Crippen LogP contribution in [-0.4, -0.2) is 31.4 Å². The molecule has 0 bridgehead atoms. The smallest absolute Gasteiger partial charge is 0.408 e. The minimum atomic E-state index is -0.619. The number of fused-ring (bicyclic) bond motifs is 1. The third-order valence-corrected chi connectivity index (χ3v) is 6.90. The van der Waals surface area contributed by atoms with E-state index in [1.165, 1.54) is 11.1 Å². The standard InChI is InChI=1S/C33H37N5O2/c1-23-14-16-25(17-15-23)22-38-30(19-18-24-10-6-5-7-11-24)36-37-31(38)29(35-32(39)40-33(2,3)4)20-26-21-34-28-13-9-8-12-27(26)28/h5-17,21,29,34H,18-20,22H2,1-4H3,(H,35,39)/t29-/m0/s1. The van der Waals surface area contributed by atoms with Crippen LogP contribution < -0.4 is 5.32 Å². The minimum absolute atomic E-state index is 0.447. The molecule has 0 saturated heterocycles. The van der Waals surface area contributed by atoms with Gasteiger partial charge in [0.2, 0.25) is 0 Å². The van der Waals surface area contributed by atoms with Gasteiger partial charge >= 0.3 is 6.09 Å². The second kappa shape index (κ2) is 11.8. The Labute approximate surface area is 235 Å². The number of hydrogen-bond donors (Lipinski definition) is 2. The molecule has 5 rings (SSSR count). The molecule has 7 heteroatoms. The molecule has 0 aliphatic carbocycles. The predicted molar refractivity (Wildman–Crippen MR) is 158 cm³/mol. The van der Waals surface area contributed by atoms with E-state index in [1.54, 1.807) is 0 Å². The molecule has 0 radical (unpaired) electrons. The summed E-state index contributed by atoms with van der Waals surface area (Å²) in [6, 6.07) is 26.6. The van der Waals surface area contributed by atoms with Crippen molar-refractivity contribution in [3.05, 3.63) is 119 Å². The number of nitrogens with one attached hydrogen (secondary N) is 2. The monoisotopic (exact) mass is 535 g/mol. The number of rotatable bonds is 9. The second-order valence-electron chi connectivity index (χ2n) is 11.3. The first kappa shape index (κ1) is 27.2. The molecular weight excluding hydrogens is 498 g/mol. The van der Waals surface area contributed by atoms with Gasteiger partial charge in [-0.3, -0.25) is 0 Å². The second-order valence-corrected chi connectivity index (χ2v) is 11.3. The summed E-state index contributed by atoms with van der Waals surface area (Å²) in [5.74, 6) is 1.59. The molecule has 5 aromatic rings. The number of carbonyl (C=O) groups excluding carboxylic acids is 1. The molecule has 40 heavy (non-hydrogen) atoms. The van der Waals surface area contributed by atoms with Gasteiger partial charge in [-0.05, 0) is 56.9 Å². The van der Waals surface area contributed by atoms with Crippen molar-refractivity contribution in [1.82, 2.24) is 25.1 Å². The van der Waals surface area contributed by atoms with Crippen LogP contribution in [0.5, 0.6) is 0 Å². The number of ether oxygens (including phenoxy) is 1. The highest BCUT2D eigenvalue weighted by Crippen LogP contribution is 2.26. The molecule has 1 atom stereocenters. The molecule has 3 aromatic carbocycles. The lowest BCUT2D eigenvalue weighted by atomic mass is 10.0. The lowest BCUT2D eigenvalue weighted by molar-refractivity contribution is 0.0500. The van der Waals surface area contributed by atoms with E-state index in [-0.39, 0.29) is 0 Å². The van der Waals surface area contributed by atoms with Gasteiger partial charge in [-0.2, -0.15) is 0 Å². The molecule has 206 valence electrons. The lowest BCUT2D eigenvalue weighted by Gasteiger charge is -2.24. The van der Waals surface area contributed by atoms with Crippen molar-refractivity contribution < 1.29 is 9.53 Å². The fourth-order valence-electron chi connectivity index (χ4n) is 4.92. The number of aryl methyl sites for hydroxylation is 3. The number of nitrogens with zero attached hydrogens (tertiary/aromatic N) is 3. The fraction of sp³-hybridized carbons (Fsp3) is 0.303. The van der Waals surface area contributed by atoms with E-state index in [2.05, 4.69) is 92.7 Å². The number of amides is 1. The number of hydrogen-bond acceptors (Lipinski definition) is 4. The number of aromatic nitrogens is 4. The van der Waals surface area contributed by atoms with Crippen molar-refractivity contribution in [2.45, 2.75) is 65.1 Å². The largest absolute Gasteiger partial charge is 0.444 e. The SMILES string of the molecule is Cc1ccc(Cn2c(CCc3ccccc3)nnc2[C@H](Cc2c[nH]c3ccccc23)NC(=O)OC(C)(C)C)cc1. The molecule has 0 saturated carbocycles. The summed E-state index contributed by atoms with van der Waals surface area (Å²) in [6.45, 7) is 8.28. The summed E-state index contributed by atoms with van der Waals surface area (Å²) in [5, 5.41) is 13.6. The zero-order valence-corrected chi connectivity index (χ0v) is 23.6. The molecule has 2 N–H and O–H groups in total. The number of H-pyrrole nitrogens is 1. The minimum Gasteiger partial charge on any atom is -0.444 e. The van der Waals surface area contributed by atoms with Gasteiger partial charge in [0.1, 0.15) is 11.4 Å². The van der Waals surface area contributed by atoms with Crippen LogP contribution in [0.2, 0.25) is 0 Å². The molecule has 2 heterocycles. The Hall–Kier alpha value is -4.39. The average molecular weight is 536 g/mol. The average Bonchev–Trinajstić information content (AvgIpc) is 3.52. The number of carbonyl (C=O) groups is 1. The van der Waals surface area contributed by atoms with E-state index in [1.807, 2.05) is 45.2 Å². The normalized spacial score (nSPS) is 12.4. The highest BCUT2D eigenvalue weighted by Gasteiger charge is 2.27. The van der Waals surface area contributed by atoms with Gasteiger partial charge in [0.15, 0.2) is 5.82 Å². The van der Waals surface area contributed by atoms with Crippen molar-refractivity contribution in [2.75, 3.05) is 0 Å². The van der Waals surface area contributed by atoms with Gasteiger partial charge < -0.3 is 19.6 Å². The molecule has 0 fully saturated rings. The predicted octanol–water partition coefficient (Wildman–Crippen LogP) is 6.71. The summed E-state index contributed by atoms with van der Waals surface area (Å²) in [5.41, 5.74) is 5.13. The van der Waals surface area contributed by atoms with Crippen LogP contribution in [0.4, 0.5) is 4.79 Å². The summed E-state index contributed by atoms with van der Waals surface area (Å²) in [6.07, 6.45) is 3.64. The van der Waals surface area contributed by atoms with Crippen LogP contribution in [0, 0.1) is 6.92 Å². The lowest BCUT2D eigenvalue weighted by Crippen LogP contribution is -2.37. The molecule has 0 unspecified atom stereocenters. The van der Waals surface area contributed by atoms with Crippen molar-refractivity contribution >= 4 is 17.0 Å². The van der Waals surface area contributed by atoms with Crippen LogP contribution >= 0.6 is 0 Å². The number of benzene rings is 3. The third kappa shape index (κ3) is 6.78. The molecule has 2 aromatic heterocycles. The number of aromatic amines is 1. The Morgan fingerprint density at radius 3 is 2.40 bits per heavy atom. The van der Waals surface area contributed by atoms with E-state index in [9.17, 15) is 4.79 Å². The van der Waals surface area contributed by atoms with Gasteiger partial charge in [-0.15, -0.1) is 10.2 Å². The molecule has 0 aliphatic rings. The molecule has 0 spiro atoms. The Morgan fingerprint density at radius 2 is 1.65 bits per heavy atom. The quantitative estimate of drug-likeness (QED) is 0.220. The van der Waals surface area contributed by atoms with Gasteiger partial charge in [-0.1, -0.05) is 78.4 Å². The maximum absolute atomic E-state index is 13.1. The maximum atomic E-state index is 13.1. The number of para-hydroxylation sites is 1. The van der Waals surface area contributed by atoms with Crippen molar-refractivity contribution in [1.29, 1.82) is 0 Å². The molecule has 0 aliphatic heterocycles. The maximum Gasteiger partial charge on any atom is 0.408 e. The van der Waals surface area contributed by atoms with E-state index in [0.717, 1.165) is 40.7 Å². The number of alkyl carbamates (subject to hydrolysis) is 1. The van der Waals surface area contributed by atoms with Gasteiger partial charge in [-0.25, -0.2) is 4.79 Å². The van der Waals surface area contributed by atoms with E-state index < -0.39 is 17.7 Å². The highest BCUT2D eigenvalue weighted by molar-refractivity contribution is 5.83. The first-order valence-corrected chi connectivity index (χ1v) is 13.8. The van der Waals surface area contributed by atoms with Crippen LogP contribution in [0.25, 0.3) is 10.9 Å². The summed E-state index contributed by atoms with van der Waals surface area (Å²) in [4.78, 5) is 16.4. The van der Waals surface area contributed by atoms with Crippen molar-refractivity contribution in [2.24, 2.45) is 0 Å².